The minimum absolute atomic E-state index is 0.203. The largest absolute Gasteiger partial charge is 0.321 e. The number of nitrogens with two attached hydrogens (primary N) is 1. The van der Waals surface area contributed by atoms with E-state index in [1.165, 1.54) is 5.57 Å². The molecule has 0 aliphatic heterocycles. The monoisotopic (exact) mass is 179 g/mol. The normalized spacial score (nSPS) is 20.6. The predicted octanol–water partition coefficient (Wildman–Crippen LogP) is 1.82. The Kier molecular flexibility index (Phi) is 3.90. The van der Waals surface area contributed by atoms with Gasteiger partial charge in [-0.25, -0.2) is 0 Å². The van der Waals surface area contributed by atoms with Crippen LogP contribution in [-0.4, -0.2) is 12.3 Å². The van der Waals surface area contributed by atoms with E-state index in [1.54, 1.807) is 0 Å². The second-order valence-electron chi connectivity index (χ2n) is 3.41. The molecular formula is C11H17NO. The second-order valence-corrected chi connectivity index (χ2v) is 3.41. The first-order valence-corrected chi connectivity index (χ1v) is 4.87. The second kappa shape index (κ2) is 4.97. The van der Waals surface area contributed by atoms with E-state index < -0.39 is 0 Å². The van der Waals surface area contributed by atoms with Crippen LogP contribution in [0.2, 0.25) is 0 Å². The van der Waals surface area contributed by atoms with Gasteiger partial charge in [0.1, 0.15) is 6.29 Å². The molecule has 1 aliphatic rings. The molecule has 1 aliphatic carbocycles. The molecule has 2 nitrogen and oxygen atoms in total. The number of hydrogen-bond donors (Lipinski definition) is 1. The van der Waals surface area contributed by atoms with Gasteiger partial charge in [0, 0.05) is 5.92 Å². The van der Waals surface area contributed by atoms with Gasteiger partial charge in [-0.2, -0.15) is 0 Å². The smallest absolute Gasteiger partial charge is 0.137 e. The predicted molar refractivity (Wildman–Crippen MR) is 54.3 cm³/mol. The van der Waals surface area contributed by atoms with E-state index in [4.69, 9.17) is 5.73 Å². The highest BCUT2D eigenvalue weighted by Crippen LogP contribution is 2.22. The van der Waals surface area contributed by atoms with E-state index in [0.717, 1.165) is 25.5 Å². The van der Waals surface area contributed by atoms with Gasteiger partial charge in [0.2, 0.25) is 0 Å². The van der Waals surface area contributed by atoms with Crippen LogP contribution in [0, 0.1) is 5.92 Å². The zero-order valence-corrected chi connectivity index (χ0v) is 8.07. The van der Waals surface area contributed by atoms with Crippen LogP contribution in [0.1, 0.15) is 26.2 Å². The van der Waals surface area contributed by atoms with Crippen molar-refractivity contribution in [3.8, 4) is 0 Å². The van der Waals surface area contributed by atoms with Gasteiger partial charge in [-0.15, -0.1) is 0 Å². The van der Waals surface area contributed by atoms with Gasteiger partial charge >= 0.3 is 0 Å². The van der Waals surface area contributed by atoms with Crippen LogP contribution in [0.25, 0.3) is 0 Å². The van der Waals surface area contributed by atoms with Crippen molar-refractivity contribution in [2.45, 2.75) is 32.2 Å². The van der Waals surface area contributed by atoms with Crippen molar-refractivity contribution in [1.29, 1.82) is 0 Å². The van der Waals surface area contributed by atoms with Crippen molar-refractivity contribution >= 4 is 6.29 Å². The minimum atomic E-state index is -0.348. The van der Waals surface area contributed by atoms with Gasteiger partial charge < -0.3 is 10.5 Å². The maximum Gasteiger partial charge on any atom is 0.137 e. The molecule has 0 aromatic rings. The van der Waals surface area contributed by atoms with Gasteiger partial charge in [0.05, 0.1) is 6.04 Å². The van der Waals surface area contributed by atoms with Crippen molar-refractivity contribution in [1.82, 2.24) is 0 Å². The molecule has 0 spiro atoms. The summed E-state index contributed by atoms with van der Waals surface area (Å²) in [4.78, 5) is 10.6. The Balaban J connectivity index is 2.70. The molecule has 0 aromatic carbocycles. The van der Waals surface area contributed by atoms with Crippen LogP contribution in [-0.2, 0) is 4.79 Å². The van der Waals surface area contributed by atoms with E-state index in [2.05, 4.69) is 25.2 Å². The van der Waals surface area contributed by atoms with Crippen molar-refractivity contribution in [3.63, 3.8) is 0 Å². The summed E-state index contributed by atoms with van der Waals surface area (Å²) in [5.41, 5.74) is 6.95. The van der Waals surface area contributed by atoms with E-state index in [0.29, 0.717) is 0 Å². The maximum absolute atomic E-state index is 10.6. The van der Waals surface area contributed by atoms with E-state index in [-0.39, 0.29) is 12.0 Å². The van der Waals surface area contributed by atoms with E-state index in [1.807, 2.05) is 0 Å². The first-order chi connectivity index (χ1) is 6.29. The molecule has 0 saturated carbocycles. The number of rotatable bonds is 4. The molecule has 2 N–H and O–H groups in total. The van der Waals surface area contributed by atoms with Crippen LogP contribution in [0.15, 0.2) is 23.8 Å². The zero-order chi connectivity index (χ0) is 9.68. The molecule has 0 amide bonds. The van der Waals surface area contributed by atoms with Crippen LogP contribution >= 0.6 is 0 Å². The van der Waals surface area contributed by atoms with Gasteiger partial charge in [-0.1, -0.05) is 25.2 Å². The van der Waals surface area contributed by atoms with Crippen LogP contribution in [0.3, 0.4) is 0 Å². The Morgan fingerprint density at radius 1 is 1.62 bits per heavy atom. The fourth-order valence-corrected chi connectivity index (χ4v) is 1.73. The molecule has 2 heteroatoms. The summed E-state index contributed by atoms with van der Waals surface area (Å²) in [6.45, 7) is 2.07. The summed E-state index contributed by atoms with van der Waals surface area (Å²) in [7, 11) is 0. The molecule has 2 unspecified atom stereocenters. The molecule has 2 atom stereocenters. The molecular weight excluding hydrogens is 162 g/mol. The summed E-state index contributed by atoms with van der Waals surface area (Å²) in [6, 6.07) is -0.348. The standard InChI is InChI=1S/C11H17NO/c1-2-10(11(12)8-13)9-6-4-3-5-7-9/h4,6-8,10-11H,2-3,5,12H2,1H3. The molecule has 0 heterocycles. The van der Waals surface area contributed by atoms with Gasteiger partial charge in [-0.3, -0.25) is 0 Å². The van der Waals surface area contributed by atoms with Crippen LogP contribution in [0.4, 0.5) is 0 Å². The highest BCUT2D eigenvalue weighted by Gasteiger charge is 2.18. The topological polar surface area (TPSA) is 43.1 Å². The summed E-state index contributed by atoms with van der Waals surface area (Å²) >= 11 is 0. The number of carbonyl (C=O) groups excluding carboxylic acids is 1. The Morgan fingerprint density at radius 3 is 2.85 bits per heavy atom. The molecule has 0 radical (unpaired) electrons. The fourth-order valence-electron chi connectivity index (χ4n) is 1.73. The zero-order valence-electron chi connectivity index (χ0n) is 8.07. The first-order valence-electron chi connectivity index (χ1n) is 4.87. The average Bonchev–Trinajstić information content (AvgIpc) is 2.20. The van der Waals surface area contributed by atoms with Crippen molar-refractivity contribution in [3.05, 3.63) is 23.8 Å². The molecule has 0 aromatic heterocycles. The fraction of sp³-hybridized carbons (Fsp3) is 0.545. The lowest BCUT2D eigenvalue weighted by molar-refractivity contribution is -0.109. The SMILES string of the molecule is CCC(C1=CCCC=C1)C(N)C=O. The van der Waals surface area contributed by atoms with Crippen molar-refractivity contribution in [2.75, 3.05) is 0 Å². The Hall–Kier alpha value is -0.890. The summed E-state index contributed by atoms with van der Waals surface area (Å²) in [5, 5.41) is 0. The Labute approximate surface area is 79.5 Å². The molecule has 72 valence electrons. The third-order valence-corrected chi connectivity index (χ3v) is 2.51. The quantitative estimate of drug-likeness (QED) is 0.669. The lowest BCUT2D eigenvalue weighted by Gasteiger charge is -2.21. The lowest BCUT2D eigenvalue weighted by atomic mass is 9.87. The van der Waals surface area contributed by atoms with Crippen LogP contribution < -0.4 is 5.73 Å². The number of hydrogen-bond acceptors (Lipinski definition) is 2. The lowest BCUT2D eigenvalue weighted by Crippen LogP contribution is -2.32. The number of allylic oxidation sites excluding steroid dienone is 3. The van der Waals surface area contributed by atoms with Crippen molar-refractivity contribution < 1.29 is 4.79 Å². The van der Waals surface area contributed by atoms with E-state index in [9.17, 15) is 4.79 Å². The average molecular weight is 179 g/mol. The first kappa shape index (κ1) is 10.2. The Bertz CT molecular complexity index is 230. The highest BCUT2D eigenvalue weighted by molar-refractivity contribution is 5.59. The molecule has 0 fully saturated rings. The number of aldehydes is 1. The molecule has 0 saturated heterocycles. The third kappa shape index (κ3) is 2.52. The maximum atomic E-state index is 10.6. The summed E-state index contributed by atoms with van der Waals surface area (Å²) in [6.07, 6.45) is 10.4. The van der Waals surface area contributed by atoms with Gasteiger partial charge in [0.15, 0.2) is 0 Å². The van der Waals surface area contributed by atoms with Crippen LogP contribution in [0.5, 0.6) is 0 Å². The Morgan fingerprint density at radius 2 is 2.38 bits per heavy atom. The highest BCUT2D eigenvalue weighted by atomic mass is 16.1. The summed E-state index contributed by atoms with van der Waals surface area (Å²) in [5.74, 6) is 0.203. The van der Waals surface area contributed by atoms with Gasteiger partial charge in [-0.05, 0) is 24.8 Å². The van der Waals surface area contributed by atoms with E-state index >= 15 is 0 Å². The van der Waals surface area contributed by atoms with Gasteiger partial charge in [0.25, 0.3) is 0 Å². The van der Waals surface area contributed by atoms with Crippen molar-refractivity contribution in [2.24, 2.45) is 11.7 Å². The number of carbonyl (C=O) groups is 1. The third-order valence-electron chi connectivity index (χ3n) is 2.51. The minimum Gasteiger partial charge on any atom is -0.321 e. The molecule has 1 rings (SSSR count). The molecule has 0 bridgehead atoms. The summed E-state index contributed by atoms with van der Waals surface area (Å²) < 4.78 is 0. The molecule has 13 heavy (non-hydrogen) atoms.